The summed E-state index contributed by atoms with van der Waals surface area (Å²) in [5, 5.41) is 7.04. The number of pyridine rings is 2. The number of aryl methyl sites for hydroxylation is 1. The normalized spacial score (nSPS) is 15.7. The van der Waals surface area contributed by atoms with Gasteiger partial charge in [-0.1, -0.05) is 41.6 Å². The van der Waals surface area contributed by atoms with E-state index in [-0.39, 0.29) is 17.9 Å². The largest absolute Gasteiger partial charge is 0.493 e. The van der Waals surface area contributed by atoms with Gasteiger partial charge in [-0.25, -0.2) is 15.0 Å². The molecule has 0 saturated carbocycles. The Kier molecular flexibility index (Phi) is 8.11. The van der Waals surface area contributed by atoms with Gasteiger partial charge in [-0.15, -0.1) is 0 Å². The molecule has 1 aromatic carbocycles. The van der Waals surface area contributed by atoms with Crippen LogP contribution in [0.1, 0.15) is 15.2 Å². The molecule has 2 aliphatic rings. The summed E-state index contributed by atoms with van der Waals surface area (Å²) in [5.41, 5.74) is 3.98. The molecule has 0 radical (unpaired) electrons. The first-order valence-corrected chi connectivity index (χ1v) is 15.2. The number of carbonyl (C=O) groups is 2. The monoisotopic (exact) mass is 630 g/mol. The molecule has 0 spiro atoms. The molecule has 13 heteroatoms. The second-order valence-electron chi connectivity index (χ2n) is 10.6. The molecule has 0 unspecified atom stereocenters. The Morgan fingerprint density at radius 2 is 2.00 bits per heavy atom. The summed E-state index contributed by atoms with van der Waals surface area (Å²) < 4.78 is 5.56. The maximum Gasteiger partial charge on any atom is 0.267 e. The Morgan fingerprint density at radius 1 is 1.16 bits per heavy atom. The SMILES string of the molecule is C=CC(=O)N1CCN2c3ncc(-c4ccc(OC)c(Nc5ncc(C(=O)Nc6c(C)cccc6Cl)s5)n4)cc3N(C)C[C@H]2C1. The molecular formula is C31H31ClN8O3S. The van der Waals surface area contributed by atoms with Crippen molar-refractivity contribution in [3.63, 3.8) is 0 Å². The van der Waals surface area contributed by atoms with Gasteiger partial charge in [-0.3, -0.25) is 9.59 Å². The number of amides is 2. The van der Waals surface area contributed by atoms with Crippen molar-refractivity contribution in [3.05, 3.63) is 76.9 Å². The van der Waals surface area contributed by atoms with Crippen LogP contribution in [-0.2, 0) is 4.79 Å². The molecule has 226 valence electrons. The van der Waals surface area contributed by atoms with Crippen LogP contribution in [0.2, 0.25) is 5.02 Å². The molecule has 0 aliphatic carbocycles. The lowest BCUT2D eigenvalue weighted by Gasteiger charge is -2.47. The Bertz CT molecular complexity index is 1740. The molecule has 0 bridgehead atoms. The Labute approximate surface area is 264 Å². The van der Waals surface area contributed by atoms with Crippen LogP contribution >= 0.6 is 22.9 Å². The number of benzene rings is 1. The molecule has 5 heterocycles. The molecular weight excluding hydrogens is 600 g/mol. The van der Waals surface area contributed by atoms with Gasteiger partial charge in [-0.2, -0.15) is 0 Å². The first kappa shape index (κ1) is 29.4. The minimum Gasteiger partial charge on any atom is -0.493 e. The van der Waals surface area contributed by atoms with E-state index in [4.69, 9.17) is 26.3 Å². The van der Waals surface area contributed by atoms with E-state index in [1.165, 1.54) is 23.6 Å². The van der Waals surface area contributed by atoms with Crippen LogP contribution in [0.5, 0.6) is 5.75 Å². The first-order chi connectivity index (χ1) is 21.2. The zero-order chi connectivity index (χ0) is 31.0. The number of ether oxygens (including phenoxy) is 1. The number of methoxy groups -OCH3 is 1. The lowest BCUT2D eigenvalue weighted by Crippen LogP contribution is -2.60. The Hall–Kier alpha value is -4.68. The molecule has 2 N–H and O–H groups in total. The van der Waals surface area contributed by atoms with E-state index in [1.54, 1.807) is 13.2 Å². The lowest BCUT2D eigenvalue weighted by molar-refractivity contribution is -0.126. The number of anilines is 5. The number of rotatable bonds is 7. The number of aromatic nitrogens is 3. The quantitative estimate of drug-likeness (QED) is 0.265. The van der Waals surface area contributed by atoms with Crippen LogP contribution in [0.15, 0.2) is 61.4 Å². The van der Waals surface area contributed by atoms with Crippen LogP contribution in [0, 0.1) is 6.92 Å². The third-order valence-electron chi connectivity index (χ3n) is 7.77. The van der Waals surface area contributed by atoms with E-state index in [9.17, 15) is 9.59 Å². The van der Waals surface area contributed by atoms with Crippen LogP contribution in [0.3, 0.4) is 0 Å². The summed E-state index contributed by atoms with van der Waals surface area (Å²) in [4.78, 5) is 45.9. The fourth-order valence-corrected chi connectivity index (χ4v) is 6.47. The van der Waals surface area contributed by atoms with E-state index < -0.39 is 0 Å². The molecule has 3 aromatic heterocycles. The molecule has 11 nitrogen and oxygen atoms in total. The van der Waals surface area contributed by atoms with E-state index in [2.05, 4.69) is 38.1 Å². The molecule has 2 amide bonds. The van der Waals surface area contributed by atoms with Gasteiger partial charge in [0.15, 0.2) is 22.5 Å². The number of carbonyl (C=O) groups excluding carboxylic acids is 2. The van der Waals surface area contributed by atoms with Crippen LogP contribution in [0.4, 0.5) is 28.1 Å². The summed E-state index contributed by atoms with van der Waals surface area (Å²) in [5.74, 6) is 1.54. The zero-order valence-corrected chi connectivity index (χ0v) is 26.1. The number of para-hydroxylation sites is 1. The molecule has 1 saturated heterocycles. The summed E-state index contributed by atoms with van der Waals surface area (Å²) in [7, 11) is 3.61. The minimum atomic E-state index is -0.305. The van der Waals surface area contributed by atoms with Gasteiger partial charge in [0.2, 0.25) is 5.91 Å². The van der Waals surface area contributed by atoms with Crippen molar-refractivity contribution in [3.8, 4) is 17.0 Å². The van der Waals surface area contributed by atoms with Crippen LogP contribution < -0.4 is 25.2 Å². The van der Waals surface area contributed by atoms with Crippen molar-refractivity contribution >= 4 is 62.9 Å². The van der Waals surface area contributed by atoms with Crippen molar-refractivity contribution in [1.29, 1.82) is 0 Å². The lowest BCUT2D eigenvalue weighted by atomic mass is 10.0. The number of nitrogens with zero attached hydrogens (tertiary/aromatic N) is 6. The zero-order valence-electron chi connectivity index (χ0n) is 24.5. The van der Waals surface area contributed by atoms with Crippen molar-refractivity contribution in [1.82, 2.24) is 19.9 Å². The standard InChI is InChI=1S/C31H31ClN8O3S/c1-5-26(41)39-11-12-40-20(17-39)16-38(3)23-13-19(14-33-29(23)40)22-9-10-24(43-4)28(35-22)37-31-34-15-25(44-31)30(42)36-27-18(2)7-6-8-21(27)32/h5-10,13-15,20H,1,11-12,16-17H2,2-4H3,(H,36,42)(H,34,35,37)/t20-/m0/s1. The van der Waals surface area contributed by atoms with E-state index >= 15 is 0 Å². The number of piperazine rings is 1. The fraction of sp³-hybridized carbons (Fsp3) is 0.258. The van der Waals surface area contributed by atoms with Gasteiger partial charge in [-0.05, 0) is 42.8 Å². The molecule has 44 heavy (non-hydrogen) atoms. The minimum absolute atomic E-state index is 0.0409. The van der Waals surface area contributed by atoms with Gasteiger partial charge in [0.25, 0.3) is 5.91 Å². The summed E-state index contributed by atoms with van der Waals surface area (Å²) in [6.07, 6.45) is 4.70. The number of hydrogen-bond donors (Lipinski definition) is 2. The molecule has 6 rings (SSSR count). The van der Waals surface area contributed by atoms with Gasteiger partial charge < -0.3 is 30.1 Å². The van der Waals surface area contributed by atoms with E-state index in [0.717, 1.165) is 29.2 Å². The second kappa shape index (κ2) is 12.1. The third-order valence-corrected chi connectivity index (χ3v) is 9.00. The maximum atomic E-state index is 12.9. The highest BCUT2D eigenvalue weighted by Gasteiger charge is 2.36. The van der Waals surface area contributed by atoms with E-state index in [0.29, 0.717) is 57.6 Å². The van der Waals surface area contributed by atoms with Crippen LogP contribution in [0.25, 0.3) is 11.3 Å². The van der Waals surface area contributed by atoms with Gasteiger partial charge >= 0.3 is 0 Å². The smallest absolute Gasteiger partial charge is 0.267 e. The fourth-order valence-electron chi connectivity index (χ4n) is 5.49. The number of halogens is 1. The van der Waals surface area contributed by atoms with E-state index in [1.807, 2.05) is 49.3 Å². The Morgan fingerprint density at radius 3 is 2.77 bits per heavy atom. The predicted molar refractivity (Wildman–Crippen MR) is 175 cm³/mol. The number of thiazole rings is 1. The molecule has 1 atom stereocenters. The second-order valence-corrected chi connectivity index (χ2v) is 12.0. The number of likely N-dealkylation sites (N-methyl/N-ethyl adjacent to an activating group) is 1. The number of nitrogens with one attached hydrogen (secondary N) is 2. The van der Waals surface area contributed by atoms with Crippen LogP contribution in [-0.4, -0.2) is 78.0 Å². The molecule has 2 aliphatic heterocycles. The highest BCUT2D eigenvalue weighted by atomic mass is 35.5. The van der Waals surface area contributed by atoms with Gasteiger partial charge in [0.1, 0.15) is 4.88 Å². The average Bonchev–Trinajstić information content (AvgIpc) is 3.50. The summed E-state index contributed by atoms with van der Waals surface area (Å²) >= 11 is 7.48. The molecule has 1 fully saturated rings. The average molecular weight is 631 g/mol. The highest BCUT2D eigenvalue weighted by Crippen LogP contribution is 2.38. The topological polar surface area (TPSA) is 116 Å². The van der Waals surface area contributed by atoms with Crippen molar-refractivity contribution in [2.75, 3.05) is 60.8 Å². The summed E-state index contributed by atoms with van der Waals surface area (Å²) in [6, 6.07) is 11.4. The first-order valence-electron chi connectivity index (χ1n) is 14.0. The Balaban J connectivity index is 1.22. The highest BCUT2D eigenvalue weighted by molar-refractivity contribution is 7.17. The third kappa shape index (κ3) is 5.65. The summed E-state index contributed by atoms with van der Waals surface area (Å²) in [6.45, 7) is 8.24. The van der Waals surface area contributed by atoms with Gasteiger partial charge in [0.05, 0.1) is 41.4 Å². The van der Waals surface area contributed by atoms with Gasteiger partial charge in [0, 0.05) is 45.0 Å². The van der Waals surface area contributed by atoms with Crippen molar-refractivity contribution in [2.45, 2.75) is 13.0 Å². The van der Waals surface area contributed by atoms with Crippen molar-refractivity contribution < 1.29 is 14.3 Å². The number of fused-ring (bicyclic) bond motifs is 3. The number of hydrogen-bond acceptors (Lipinski definition) is 10. The predicted octanol–water partition coefficient (Wildman–Crippen LogP) is 5.22. The van der Waals surface area contributed by atoms with Crippen molar-refractivity contribution in [2.24, 2.45) is 0 Å². The molecule has 4 aromatic rings. The maximum absolute atomic E-state index is 12.9.